The first-order chi connectivity index (χ1) is 17.1. The van der Waals surface area contributed by atoms with Crippen molar-refractivity contribution in [3.8, 4) is 0 Å². The molecule has 2 saturated carbocycles. The highest BCUT2D eigenvalue weighted by Crippen LogP contribution is 2.41. The van der Waals surface area contributed by atoms with Crippen molar-refractivity contribution in [2.75, 3.05) is 12.4 Å². The van der Waals surface area contributed by atoms with E-state index >= 15 is 0 Å². The lowest BCUT2D eigenvalue weighted by atomic mass is 9.91. The minimum absolute atomic E-state index is 0.0950. The van der Waals surface area contributed by atoms with Crippen molar-refractivity contribution in [1.29, 1.82) is 0 Å². The number of carboxylic acids is 1. The molecule has 0 spiro atoms. The van der Waals surface area contributed by atoms with E-state index in [1.54, 1.807) is 6.21 Å². The van der Waals surface area contributed by atoms with E-state index in [4.69, 9.17) is 0 Å². The van der Waals surface area contributed by atoms with Gasteiger partial charge in [0.05, 0.1) is 6.61 Å². The van der Waals surface area contributed by atoms with Crippen molar-refractivity contribution in [2.24, 2.45) is 4.99 Å². The molecule has 190 valence electrons. The van der Waals surface area contributed by atoms with Crippen LogP contribution in [0.1, 0.15) is 69.8 Å². The summed E-state index contributed by atoms with van der Waals surface area (Å²) in [6.45, 7) is -0.358. The van der Waals surface area contributed by atoms with Crippen LogP contribution in [0.5, 0.6) is 0 Å². The first kappa shape index (κ1) is 25.9. The Morgan fingerprint density at radius 2 is 1.63 bits per heavy atom. The SMILES string of the molecule is C1CCC(NC2CCCCC2)CC1.O=C(O)C1=C(CO)CS[C@@H]2C(N=Cc3ccccc3)C(=O)N12. The summed E-state index contributed by atoms with van der Waals surface area (Å²) in [4.78, 5) is 29.1. The largest absolute Gasteiger partial charge is 0.477 e. The number of carbonyl (C=O) groups excluding carboxylic acids is 1. The summed E-state index contributed by atoms with van der Waals surface area (Å²) in [5, 5.41) is 22.1. The van der Waals surface area contributed by atoms with Crippen LogP contribution in [0.3, 0.4) is 0 Å². The normalized spacial score (nSPS) is 25.6. The van der Waals surface area contributed by atoms with Gasteiger partial charge in [0, 0.05) is 24.1 Å². The number of β-lactam (4-membered cyclic amide) rings is 1. The first-order valence-corrected chi connectivity index (χ1v) is 14.0. The highest BCUT2D eigenvalue weighted by molar-refractivity contribution is 8.00. The van der Waals surface area contributed by atoms with Gasteiger partial charge in [-0.25, -0.2) is 4.79 Å². The van der Waals surface area contributed by atoms with Gasteiger partial charge in [0.1, 0.15) is 11.1 Å². The van der Waals surface area contributed by atoms with Crippen LogP contribution in [-0.4, -0.2) is 69.1 Å². The lowest BCUT2D eigenvalue weighted by Crippen LogP contribution is -2.64. The van der Waals surface area contributed by atoms with Gasteiger partial charge >= 0.3 is 5.97 Å². The number of hydrogen-bond acceptors (Lipinski definition) is 6. The number of fused-ring (bicyclic) bond motifs is 1. The Morgan fingerprint density at radius 3 is 2.17 bits per heavy atom. The van der Waals surface area contributed by atoms with Crippen LogP contribution >= 0.6 is 11.8 Å². The van der Waals surface area contributed by atoms with Gasteiger partial charge in [0.25, 0.3) is 5.91 Å². The minimum atomic E-state index is -1.19. The van der Waals surface area contributed by atoms with Gasteiger partial charge in [-0.1, -0.05) is 68.9 Å². The number of amides is 1. The van der Waals surface area contributed by atoms with E-state index in [1.165, 1.54) is 80.9 Å². The number of benzene rings is 1. The third kappa shape index (κ3) is 6.54. The number of carbonyl (C=O) groups is 2. The topological polar surface area (TPSA) is 102 Å². The lowest BCUT2D eigenvalue weighted by Gasteiger charge is -2.47. The maximum atomic E-state index is 12.2. The number of aliphatic imine (C=N–C) groups is 1. The van der Waals surface area contributed by atoms with Gasteiger partial charge in [-0.3, -0.25) is 14.7 Å². The second kappa shape index (κ2) is 12.7. The Kier molecular flexibility index (Phi) is 9.40. The molecule has 1 saturated heterocycles. The molecular formula is C27H37N3O4S. The smallest absolute Gasteiger partial charge is 0.352 e. The quantitative estimate of drug-likeness (QED) is 0.405. The van der Waals surface area contributed by atoms with Crippen LogP contribution in [0.25, 0.3) is 0 Å². The van der Waals surface area contributed by atoms with E-state index in [0.717, 1.165) is 17.6 Å². The fourth-order valence-electron chi connectivity index (χ4n) is 5.37. The molecule has 2 atom stereocenters. The molecule has 1 amide bonds. The molecule has 1 aromatic carbocycles. The number of aliphatic hydroxyl groups excluding tert-OH is 1. The maximum absolute atomic E-state index is 12.2. The molecule has 3 N–H and O–H groups in total. The van der Waals surface area contributed by atoms with E-state index in [9.17, 15) is 19.8 Å². The molecule has 35 heavy (non-hydrogen) atoms. The fourth-order valence-corrected chi connectivity index (χ4v) is 6.69. The Labute approximate surface area is 212 Å². The zero-order valence-corrected chi connectivity index (χ0v) is 21.1. The third-order valence-electron chi connectivity index (χ3n) is 7.28. The average Bonchev–Trinajstić information content (AvgIpc) is 2.90. The van der Waals surface area contributed by atoms with Gasteiger partial charge in [0.15, 0.2) is 6.04 Å². The van der Waals surface area contributed by atoms with Crippen molar-refractivity contribution in [1.82, 2.24) is 10.2 Å². The highest BCUT2D eigenvalue weighted by atomic mass is 32.2. The molecule has 3 fully saturated rings. The Bertz CT molecular complexity index is 908. The number of thioether (sulfide) groups is 1. The summed E-state index contributed by atoms with van der Waals surface area (Å²) < 4.78 is 0. The number of nitrogens with one attached hydrogen (secondary N) is 1. The molecule has 2 aliphatic heterocycles. The van der Waals surface area contributed by atoms with Crippen LogP contribution in [0, 0.1) is 0 Å². The molecular weight excluding hydrogens is 462 g/mol. The van der Waals surface area contributed by atoms with Crippen molar-refractivity contribution in [3.63, 3.8) is 0 Å². The third-order valence-corrected chi connectivity index (χ3v) is 8.60. The molecule has 8 heteroatoms. The van der Waals surface area contributed by atoms with Crippen LogP contribution in [0.4, 0.5) is 0 Å². The number of aliphatic carboxylic acids is 1. The van der Waals surface area contributed by atoms with Crippen molar-refractivity contribution >= 4 is 29.9 Å². The summed E-state index contributed by atoms with van der Waals surface area (Å²) in [6, 6.07) is 10.6. The second-order valence-electron chi connectivity index (χ2n) is 9.80. The number of carboxylic acid groups (broad SMARTS) is 1. The van der Waals surface area contributed by atoms with Gasteiger partial charge < -0.3 is 15.5 Å². The zero-order valence-electron chi connectivity index (χ0n) is 20.3. The number of aliphatic hydroxyl groups is 1. The molecule has 4 aliphatic rings. The molecule has 2 heterocycles. The van der Waals surface area contributed by atoms with Crippen molar-refractivity contribution < 1.29 is 19.8 Å². The first-order valence-electron chi connectivity index (χ1n) is 12.9. The zero-order chi connectivity index (χ0) is 24.6. The Balaban J connectivity index is 0.000000189. The van der Waals surface area contributed by atoms with E-state index in [-0.39, 0.29) is 23.6 Å². The summed E-state index contributed by atoms with van der Waals surface area (Å²) >= 11 is 1.42. The minimum Gasteiger partial charge on any atom is -0.477 e. The van der Waals surface area contributed by atoms with Crippen LogP contribution in [0.2, 0.25) is 0 Å². The molecule has 5 rings (SSSR count). The molecule has 1 aromatic rings. The summed E-state index contributed by atoms with van der Waals surface area (Å²) in [5.74, 6) is -1.13. The van der Waals surface area contributed by atoms with Crippen molar-refractivity contribution in [2.45, 2.75) is 87.7 Å². The number of hydrogen-bond donors (Lipinski definition) is 3. The van der Waals surface area contributed by atoms with Gasteiger partial charge in [-0.2, -0.15) is 0 Å². The predicted octanol–water partition coefficient (Wildman–Crippen LogP) is 3.96. The second-order valence-corrected chi connectivity index (χ2v) is 10.9. The van der Waals surface area contributed by atoms with Crippen LogP contribution < -0.4 is 5.32 Å². The van der Waals surface area contributed by atoms with E-state index in [1.807, 2.05) is 30.3 Å². The average molecular weight is 500 g/mol. The van der Waals surface area contributed by atoms with Crippen molar-refractivity contribution in [3.05, 3.63) is 47.2 Å². The predicted molar refractivity (Wildman–Crippen MR) is 140 cm³/mol. The lowest BCUT2D eigenvalue weighted by molar-refractivity contribution is -0.147. The summed E-state index contributed by atoms with van der Waals surface area (Å²) in [7, 11) is 0. The van der Waals surface area contributed by atoms with Crippen LogP contribution in [0.15, 0.2) is 46.6 Å². The molecule has 1 unspecified atom stereocenters. The Morgan fingerprint density at radius 1 is 1.03 bits per heavy atom. The molecule has 2 aliphatic carbocycles. The van der Waals surface area contributed by atoms with Gasteiger partial charge in [-0.05, 0) is 36.8 Å². The number of nitrogens with zero attached hydrogens (tertiary/aromatic N) is 2. The molecule has 0 aromatic heterocycles. The Hall–Kier alpha value is -2.16. The summed E-state index contributed by atoms with van der Waals surface area (Å²) in [5.41, 5.74) is 1.16. The monoisotopic (exact) mass is 499 g/mol. The molecule has 0 bridgehead atoms. The standard InChI is InChI=1S/C15H14N2O4S.C12H23N/c18-7-10-8-22-14-11(13(19)17(14)12(10)15(20)21)16-6-9-4-2-1-3-5-9;1-3-7-11(8-4-1)13-12-9-5-2-6-10-12/h1-6,11,14,18H,7-8H2,(H,20,21);11-13H,1-10H2/t11?,14-;/m1./s1. The van der Waals surface area contributed by atoms with E-state index in [0.29, 0.717) is 11.3 Å². The highest BCUT2D eigenvalue weighted by Gasteiger charge is 2.53. The van der Waals surface area contributed by atoms with E-state index in [2.05, 4.69) is 10.3 Å². The fraction of sp³-hybridized carbons (Fsp3) is 0.593. The van der Waals surface area contributed by atoms with Crippen LogP contribution in [-0.2, 0) is 9.59 Å². The molecule has 7 nitrogen and oxygen atoms in total. The summed E-state index contributed by atoms with van der Waals surface area (Å²) in [6.07, 6.45) is 16.2. The van der Waals surface area contributed by atoms with E-state index < -0.39 is 12.0 Å². The number of rotatable bonds is 6. The van der Waals surface area contributed by atoms with Gasteiger partial charge in [-0.15, -0.1) is 11.8 Å². The maximum Gasteiger partial charge on any atom is 0.352 e. The molecule has 0 radical (unpaired) electrons. The van der Waals surface area contributed by atoms with Gasteiger partial charge in [0.2, 0.25) is 0 Å².